The van der Waals surface area contributed by atoms with Crippen LogP contribution in [0.5, 0.6) is 0 Å². The Morgan fingerprint density at radius 1 is 0.824 bits per heavy atom. The molecule has 2 aromatic carbocycles. The molecule has 86 valence electrons. The zero-order chi connectivity index (χ0) is 12.4. The van der Waals surface area contributed by atoms with Crippen LogP contribution in [0.3, 0.4) is 0 Å². The monoisotopic (exact) mass is 227 g/mol. The first-order valence-corrected chi connectivity index (χ1v) is 5.14. The molecule has 2 aromatic rings. The van der Waals surface area contributed by atoms with Gasteiger partial charge < -0.3 is 17.2 Å². The summed E-state index contributed by atoms with van der Waals surface area (Å²) in [5.74, 6) is -0.194. The van der Waals surface area contributed by atoms with Crippen LogP contribution in [0, 0.1) is 0 Å². The van der Waals surface area contributed by atoms with E-state index in [1.54, 1.807) is 42.5 Å². The largest absolute Gasteiger partial charge is 0.399 e. The number of nitrogen functional groups attached to an aromatic ring is 3. The SMILES string of the molecule is Nc1ccc(C(=O)c2c(N)cccc2N)cc1. The van der Waals surface area contributed by atoms with E-state index >= 15 is 0 Å². The maximum absolute atomic E-state index is 12.2. The van der Waals surface area contributed by atoms with Crippen LogP contribution >= 0.6 is 0 Å². The van der Waals surface area contributed by atoms with E-state index in [0.29, 0.717) is 28.2 Å². The number of hydrogen-bond donors (Lipinski definition) is 3. The van der Waals surface area contributed by atoms with E-state index < -0.39 is 0 Å². The average molecular weight is 227 g/mol. The predicted octanol–water partition coefficient (Wildman–Crippen LogP) is 1.66. The maximum Gasteiger partial charge on any atom is 0.197 e. The van der Waals surface area contributed by atoms with Gasteiger partial charge >= 0.3 is 0 Å². The van der Waals surface area contributed by atoms with Gasteiger partial charge in [-0.05, 0) is 36.4 Å². The van der Waals surface area contributed by atoms with Crippen molar-refractivity contribution in [2.75, 3.05) is 17.2 Å². The topological polar surface area (TPSA) is 95.1 Å². The Labute approximate surface area is 99.0 Å². The quantitative estimate of drug-likeness (QED) is 0.537. The lowest BCUT2D eigenvalue weighted by molar-refractivity contribution is 0.104. The molecule has 0 atom stereocenters. The van der Waals surface area contributed by atoms with Gasteiger partial charge in [0.1, 0.15) is 0 Å². The highest BCUT2D eigenvalue weighted by atomic mass is 16.1. The Morgan fingerprint density at radius 2 is 1.35 bits per heavy atom. The molecule has 0 saturated heterocycles. The highest BCUT2D eigenvalue weighted by molar-refractivity contribution is 6.15. The Bertz CT molecular complexity index is 541. The molecule has 4 heteroatoms. The van der Waals surface area contributed by atoms with Crippen LogP contribution in [-0.2, 0) is 0 Å². The van der Waals surface area contributed by atoms with Crippen molar-refractivity contribution < 1.29 is 4.79 Å². The zero-order valence-electron chi connectivity index (χ0n) is 9.18. The van der Waals surface area contributed by atoms with Gasteiger partial charge in [-0.3, -0.25) is 4.79 Å². The van der Waals surface area contributed by atoms with Crippen LogP contribution < -0.4 is 17.2 Å². The maximum atomic E-state index is 12.2. The summed E-state index contributed by atoms with van der Waals surface area (Å²) in [6.45, 7) is 0. The minimum Gasteiger partial charge on any atom is -0.399 e. The third-order valence-corrected chi connectivity index (χ3v) is 2.53. The predicted molar refractivity (Wildman–Crippen MR) is 69.6 cm³/mol. The Kier molecular flexibility index (Phi) is 2.70. The number of benzene rings is 2. The normalized spacial score (nSPS) is 10.1. The second kappa shape index (κ2) is 4.17. The van der Waals surface area contributed by atoms with Gasteiger partial charge in [-0.1, -0.05) is 6.07 Å². The van der Waals surface area contributed by atoms with Crippen molar-refractivity contribution in [3.05, 3.63) is 53.6 Å². The van der Waals surface area contributed by atoms with E-state index in [-0.39, 0.29) is 5.78 Å². The van der Waals surface area contributed by atoms with E-state index in [0.717, 1.165) is 0 Å². The molecule has 0 aromatic heterocycles. The van der Waals surface area contributed by atoms with Gasteiger partial charge in [0, 0.05) is 22.6 Å². The molecular weight excluding hydrogens is 214 g/mol. The molecule has 4 nitrogen and oxygen atoms in total. The van der Waals surface area contributed by atoms with Gasteiger partial charge in [0.2, 0.25) is 0 Å². The van der Waals surface area contributed by atoms with E-state index in [4.69, 9.17) is 17.2 Å². The van der Waals surface area contributed by atoms with Crippen LogP contribution in [0.1, 0.15) is 15.9 Å². The van der Waals surface area contributed by atoms with Crippen molar-refractivity contribution in [1.82, 2.24) is 0 Å². The summed E-state index contributed by atoms with van der Waals surface area (Å²) in [7, 11) is 0. The first-order valence-electron chi connectivity index (χ1n) is 5.14. The number of carbonyl (C=O) groups is 1. The number of ketones is 1. The van der Waals surface area contributed by atoms with Crippen LogP contribution in [0.25, 0.3) is 0 Å². The fourth-order valence-electron chi connectivity index (χ4n) is 1.63. The summed E-state index contributed by atoms with van der Waals surface area (Å²) < 4.78 is 0. The van der Waals surface area contributed by atoms with Gasteiger partial charge in [0.05, 0.1) is 5.56 Å². The van der Waals surface area contributed by atoms with Crippen LogP contribution in [0.4, 0.5) is 17.1 Å². The second-order valence-electron chi connectivity index (χ2n) is 3.76. The number of anilines is 3. The molecule has 0 aliphatic heterocycles. The highest BCUT2D eigenvalue weighted by Gasteiger charge is 2.14. The molecule has 0 unspecified atom stereocenters. The summed E-state index contributed by atoms with van der Waals surface area (Å²) in [6, 6.07) is 11.7. The van der Waals surface area contributed by atoms with Crippen LogP contribution in [0.2, 0.25) is 0 Å². The summed E-state index contributed by atoms with van der Waals surface area (Å²) in [5.41, 5.74) is 19.3. The summed E-state index contributed by atoms with van der Waals surface area (Å²) in [5, 5.41) is 0. The first-order chi connectivity index (χ1) is 8.09. The Balaban J connectivity index is 2.47. The molecule has 2 rings (SSSR count). The first kappa shape index (κ1) is 11.0. The van der Waals surface area contributed by atoms with E-state index in [1.165, 1.54) is 0 Å². The fraction of sp³-hybridized carbons (Fsp3) is 0. The van der Waals surface area contributed by atoms with Crippen LogP contribution in [0.15, 0.2) is 42.5 Å². The van der Waals surface area contributed by atoms with Crippen molar-refractivity contribution in [3.8, 4) is 0 Å². The van der Waals surface area contributed by atoms with Crippen molar-refractivity contribution in [1.29, 1.82) is 0 Å². The lowest BCUT2D eigenvalue weighted by Crippen LogP contribution is -2.08. The Morgan fingerprint density at radius 3 is 1.88 bits per heavy atom. The average Bonchev–Trinajstić information content (AvgIpc) is 2.29. The molecule has 0 radical (unpaired) electrons. The molecule has 0 aliphatic carbocycles. The minimum absolute atomic E-state index is 0.194. The molecule has 0 fully saturated rings. The number of nitrogens with two attached hydrogens (primary N) is 3. The smallest absolute Gasteiger partial charge is 0.197 e. The third kappa shape index (κ3) is 2.06. The number of rotatable bonds is 2. The van der Waals surface area contributed by atoms with Gasteiger partial charge in [0.15, 0.2) is 5.78 Å². The fourth-order valence-corrected chi connectivity index (χ4v) is 1.63. The van der Waals surface area contributed by atoms with Gasteiger partial charge in [-0.15, -0.1) is 0 Å². The zero-order valence-corrected chi connectivity index (χ0v) is 9.18. The van der Waals surface area contributed by atoms with Gasteiger partial charge in [-0.2, -0.15) is 0 Å². The van der Waals surface area contributed by atoms with Crippen molar-refractivity contribution >= 4 is 22.8 Å². The Hall–Kier alpha value is -2.49. The molecule has 0 spiro atoms. The molecule has 0 bridgehead atoms. The van der Waals surface area contributed by atoms with E-state index in [1.807, 2.05) is 0 Å². The number of hydrogen-bond acceptors (Lipinski definition) is 4. The third-order valence-electron chi connectivity index (χ3n) is 2.53. The number of carbonyl (C=O) groups excluding carboxylic acids is 1. The summed E-state index contributed by atoms with van der Waals surface area (Å²) in [4.78, 5) is 12.2. The van der Waals surface area contributed by atoms with Gasteiger partial charge in [-0.25, -0.2) is 0 Å². The van der Waals surface area contributed by atoms with Crippen LogP contribution in [-0.4, -0.2) is 5.78 Å². The molecule has 6 N–H and O–H groups in total. The van der Waals surface area contributed by atoms with Crippen molar-refractivity contribution in [2.45, 2.75) is 0 Å². The van der Waals surface area contributed by atoms with Crippen molar-refractivity contribution in [2.24, 2.45) is 0 Å². The lowest BCUT2D eigenvalue weighted by Gasteiger charge is -2.08. The molecule has 17 heavy (non-hydrogen) atoms. The summed E-state index contributed by atoms with van der Waals surface area (Å²) >= 11 is 0. The van der Waals surface area contributed by atoms with Gasteiger partial charge in [0.25, 0.3) is 0 Å². The molecule has 0 amide bonds. The molecule has 0 aliphatic rings. The molecule has 0 heterocycles. The lowest BCUT2D eigenvalue weighted by atomic mass is 10.00. The van der Waals surface area contributed by atoms with Crippen molar-refractivity contribution in [3.63, 3.8) is 0 Å². The summed E-state index contributed by atoms with van der Waals surface area (Å²) in [6.07, 6.45) is 0. The van der Waals surface area contributed by atoms with E-state index in [9.17, 15) is 4.79 Å². The molecular formula is C13H13N3O. The minimum atomic E-state index is -0.194. The second-order valence-corrected chi connectivity index (χ2v) is 3.76. The molecule has 0 saturated carbocycles. The standard InChI is InChI=1S/C13H13N3O/c14-9-6-4-8(5-7-9)13(17)12-10(15)2-1-3-11(12)16/h1-7H,14-16H2. The highest BCUT2D eigenvalue weighted by Crippen LogP contribution is 2.23. The van der Waals surface area contributed by atoms with E-state index in [2.05, 4.69) is 0 Å².